The number of anilines is 1. The van der Waals surface area contributed by atoms with Crippen molar-refractivity contribution in [1.29, 1.82) is 0 Å². The normalized spacial score (nSPS) is 23.2. The number of hydrogen-bond acceptors (Lipinski definition) is 5. The third-order valence-corrected chi connectivity index (χ3v) is 3.72. The summed E-state index contributed by atoms with van der Waals surface area (Å²) in [6.45, 7) is 3.70. The van der Waals surface area contributed by atoms with E-state index in [1.165, 1.54) is 11.5 Å². The lowest BCUT2D eigenvalue weighted by Crippen LogP contribution is -2.34. The van der Waals surface area contributed by atoms with Crippen molar-refractivity contribution < 1.29 is 4.74 Å². The van der Waals surface area contributed by atoms with Crippen LogP contribution >= 0.6 is 11.5 Å². The summed E-state index contributed by atoms with van der Waals surface area (Å²) in [4.78, 5) is 4.53. The van der Waals surface area contributed by atoms with Crippen LogP contribution in [0.15, 0.2) is 30.3 Å². The lowest BCUT2D eigenvalue weighted by Gasteiger charge is -2.22. The van der Waals surface area contributed by atoms with E-state index in [4.69, 9.17) is 4.74 Å². The Morgan fingerprint density at radius 3 is 2.89 bits per heavy atom. The van der Waals surface area contributed by atoms with Gasteiger partial charge >= 0.3 is 0 Å². The molecule has 1 saturated heterocycles. The van der Waals surface area contributed by atoms with E-state index in [1.807, 2.05) is 30.3 Å². The highest BCUT2D eigenvalue weighted by Gasteiger charge is 2.30. The smallest absolute Gasteiger partial charge is 0.203 e. The van der Waals surface area contributed by atoms with Crippen LogP contribution in [-0.2, 0) is 4.74 Å². The number of rotatable bonds is 3. The molecular weight excluding hydrogens is 246 g/mol. The first-order chi connectivity index (χ1) is 8.75. The molecule has 1 fully saturated rings. The van der Waals surface area contributed by atoms with Crippen LogP contribution in [-0.4, -0.2) is 28.1 Å². The Kier molecular flexibility index (Phi) is 3.01. The van der Waals surface area contributed by atoms with E-state index in [0.29, 0.717) is 0 Å². The van der Waals surface area contributed by atoms with Gasteiger partial charge in [0.05, 0.1) is 12.1 Å². The fourth-order valence-electron chi connectivity index (χ4n) is 2.00. The van der Waals surface area contributed by atoms with E-state index in [-0.39, 0.29) is 5.54 Å². The maximum absolute atomic E-state index is 5.42. The van der Waals surface area contributed by atoms with Gasteiger partial charge in [-0.05, 0) is 13.3 Å². The van der Waals surface area contributed by atoms with E-state index in [1.54, 1.807) is 0 Å². The molecule has 18 heavy (non-hydrogen) atoms. The van der Waals surface area contributed by atoms with E-state index in [2.05, 4.69) is 21.6 Å². The molecule has 0 amide bonds. The second-order valence-electron chi connectivity index (χ2n) is 4.78. The highest BCUT2D eigenvalue weighted by atomic mass is 32.1. The van der Waals surface area contributed by atoms with Gasteiger partial charge < -0.3 is 10.1 Å². The summed E-state index contributed by atoms with van der Waals surface area (Å²) < 4.78 is 9.80. The van der Waals surface area contributed by atoms with Crippen molar-refractivity contribution in [2.45, 2.75) is 18.9 Å². The SMILES string of the molecule is C[C@@]1(Nc2nc(-c3ccccc3)ns2)CCOC1. The molecule has 4 nitrogen and oxygen atoms in total. The molecule has 1 atom stereocenters. The van der Waals surface area contributed by atoms with Gasteiger partial charge in [0, 0.05) is 23.7 Å². The number of aromatic nitrogens is 2. The molecule has 94 valence electrons. The van der Waals surface area contributed by atoms with Gasteiger partial charge in [0.15, 0.2) is 5.82 Å². The van der Waals surface area contributed by atoms with Crippen LogP contribution in [0.1, 0.15) is 13.3 Å². The molecule has 2 heterocycles. The summed E-state index contributed by atoms with van der Waals surface area (Å²) in [5.41, 5.74) is 1.04. The minimum Gasteiger partial charge on any atom is -0.379 e. The number of nitrogens with zero attached hydrogens (tertiary/aromatic N) is 2. The molecule has 1 aromatic carbocycles. The van der Waals surface area contributed by atoms with Gasteiger partial charge in [-0.2, -0.15) is 9.36 Å². The van der Waals surface area contributed by atoms with E-state index in [0.717, 1.165) is 36.2 Å². The fourth-order valence-corrected chi connectivity index (χ4v) is 2.74. The molecule has 1 aromatic heterocycles. The number of ether oxygens (including phenoxy) is 1. The predicted molar refractivity (Wildman–Crippen MR) is 72.8 cm³/mol. The van der Waals surface area contributed by atoms with Gasteiger partial charge in [0.1, 0.15) is 0 Å². The van der Waals surface area contributed by atoms with Crippen LogP contribution in [0.3, 0.4) is 0 Å². The van der Waals surface area contributed by atoms with E-state index < -0.39 is 0 Å². The number of benzene rings is 1. The molecular formula is C13H15N3OS. The van der Waals surface area contributed by atoms with Gasteiger partial charge in [-0.25, -0.2) is 0 Å². The molecule has 0 bridgehead atoms. The van der Waals surface area contributed by atoms with Crippen LogP contribution in [0.5, 0.6) is 0 Å². The molecule has 0 radical (unpaired) electrons. The molecule has 2 aromatic rings. The third-order valence-electron chi connectivity index (χ3n) is 3.09. The monoisotopic (exact) mass is 261 g/mol. The number of hydrogen-bond donors (Lipinski definition) is 1. The molecule has 0 aliphatic carbocycles. The van der Waals surface area contributed by atoms with E-state index in [9.17, 15) is 0 Å². The molecule has 3 rings (SSSR count). The van der Waals surface area contributed by atoms with Crippen molar-refractivity contribution in [3.8, 4) is 11.4 Å². The fraction of sp³-hybridized carbons (Fsp3) is 0.385. The maximum atomic E-state index is 5.42. The van der Waals surface area contributed by atoms with Crippen molar-refractivity contribution in [2.24, 2.45) is 0 Å². The molecule has 1 aliphatic rings. The Hall–Kier alpha value is -1.46. The quantitative estimate of drug-likeness (QED) is 0.923. The topological polar surface area (TPSA) is 47.0 Å². The summed E-state index contributed by atoms with van der Waals surface area (Å²) in [6.07, 6.45) is 1.01. The highest BCUT2D eigenvalue weighted by molar-refractivity contribution is 7.09. The molecule has 1 aliphatic heterocycles. The summed E-state index contributed by atoms with van der Waals surface area (Å²) in [7, 11) is 0. The first-order valence-corrected chi connectivity index (χ1v) is 6.78. The first kappa shape index (κ1) is 11.6. The number of nitrogens with one attached hydrogen (secondary N) is 1. The molecule has 0 spiro atoms. The summed E-state index contributed by atoms with van der Waals surface area (Å²) in [5, 5.41) is 4.29. The predicted octanol–water partition coefficient (Wildman–Crippen LogP) is 2.80. The van der Waals surface area contributed by atoms with Gasteiger partial charge in [0.2, 0.25) is 5.13 Å². The standard InChI is InChI=1S/C13H15N3OS/c1-13(7-8-17-9-13)15-12-14-11(16-18-12)10-5-3-2-4-6-10/h2-6H,7-9H2,1H3,(H,14,15,16)/t13-/m1/s1. The van der Waals surface area contributed by atoms with Crippen molar-refractivity contribution >= 4 is 16.7 Å². The Balaban J connectivity index is 1.78. The summed E-state index contributed by atoms with van der Waals surface area (Å²) in [5.74, 6) is 0.783. The Morgan fingerprint density at radius 2 is 2.17 bits per heavy atom. The molecule has 1 N–H and O–H groups in total. The zero-order valence-corrected chi connectivity index (χ0v) is 11.0. The lowest BCUT2D eigenvalue weighted by atomic mass is 10.0. The zero-order chi connectivity index (χ0) is 12.4. The van der Waals surface area contributed by atoms with Gasteiger partial charge in [-0.1, -0.05) is 30.3 Å². The van der Waals surface area contributed by atoms with Crippen LogP contribution in [0, 0.1) is 0 Å². The van der Waals surface area contributed by atoms with Crippen LogP contribution < -0.4 is 5.32 Å². The van der Waals surface area contributed by atoms with Gasteiger partial charge in [-0.3, -0.25) is 0 Å². The van der Waals surface area contributed by atoms with Crippen LogP contribution in [0.4, 0.5) is 5.13 Å². The minimum atomic E-state index is -0.00646. The van der Waals surface area contributed by atoms with Gasteiger partial charge in [0.25, 0.3) is 0 Å². The third kappa shape index (κ3) is 2.37. The Bertz CT molecular complexity index is 520. The van der Waals surface area contributed by atoms with Crippen molar-refractivity contribution in [3.63, 3.8) is 0 Å². The second-order valence-corrected chi connectivity index (χ2v) is 5.53. The van der Waals surface area contributed by atoms with Crippen molar-refractivity contribution in [1.82, 2.24) is 9.36 Å². The zero-order valence-electron chi connectivity index (χ0n) is 10.2. The first-order valence-electron chi connectivity index (χ1n) is 6.00. The van der Waals surface area contributed by atoms with Crippen molar-refractivity contribution in [3.05, 3.63) is 30.3 Å². The molecule has 0 unspecified atom stereocenters. The lowest BCUT2D eigenvalue weighted by molar-refractivity contribution is 0.185. The van der Waals surface area contributed by atoms with Gasteiger partial charge in [-0.15, -0.1) is 0 Å². The highest BCUT2D eigenvalue weighted by Crippen LogP contribution is 2.27. The second kappa shape index (κ2) is 4.66. The largest absolute Gasteiger partial charge is 0.379 e. The minimum absolute atomic E-state index is 0.00646. The van der Waals surface area contributed by atoms with Crippen molar-refractivity contribution in [2.75, 3.05) is 18.5 Å². The summed E-state index contributed by atoms with van der Waals surface area (Å²) >= 11 is 1.40. The summed E-state index contributed by atoms with van der Waals surface area (Å²) in [6, 6.07) is 10.0. The molecule has 0 saturated carbocycles. The maximum Gasteiger partial charge on any atom is 0.203 e. The Labute approximate surface area is 110 Å². The average Bonchev–Trinajstić information content (AvgIpc) is 3.00. The Morgan fingerprint density at radius 1 is 1.33 bits per heavy atom. The van der Waals surface area contributed by atoms with Crippen LogP contribution in [0.2, 0.25) is 0 Å². The van der Waals surface area contributed by atoms with Crippen LogP contribution in [0.25, 0.3) is 11.4 Å². The average molecular weight is 261 g/mol. The van der Waals surface area contributed by atoms with E-state index >= 15 is 0 Å². The molecule has 5 heteroatoms.